The van der Waals surface area contributed by atoms with Crippen LogP contribution in [0.5, 0.6) is 0 Å². The van der Waals surface area contributed by atoms with E-state index in [4.69, 9.17) is 4.74 Å². The van der Waals surface area contributed by atoms with Gasteiger partial charge in [-0.1, -0.05) is 220 Å². The molecule has 3 unspecified atom stereocenters. The Morgan fingerprint density at radius 3 is 1.17 bits per heavy atom. The molecular weight excluding hydrogens is 647 g/mol. The van der Waals surface area contributed by atoms with E-state index in [1.165, 1.54) is 167 Å². The maximum absolute atomic E-state index is 13.1. The van der Waals surface area contributed by atoms with Crippen molar-refractivity contribution < 1.29 is 24.5 Å². The van der Waals surface area contributed by atoms with E-state index in [-0.39, 0.29) is 24.9 Å². The van der Waals surface area contributed by atoms with Crippen molar-refractivity contribution in [2.75, 3.05) is 6.61 Å². The first-order valence-electron chi connectivity index (χ1n) is 23.3. The molecule has 6 heteroatoms. The van der Waals surface area contributed by atoms with E-state index in [0.717, 1.165) is 44.9 Å². The molecule has 0 spiro atoms. The first-order valence-corrected chi connectivity index (χ1v) is 23.3. The Balaban J connectivity index is 4.52. The van der Waals surface area contributed by atoms with E-state index in [1.54, 1.807) is 0 Å². The number of ether oxygens (including phenoxy) is 1. The summed E-state index contributed by atoms with van der Waals surface area (Å²) >= 11 is 0. The van der Waals surface area contributed by atoms with Crippen LogP contribution in [0.3, 0.4) is 0 Å². The highest BCUT2D eigenvalue weighted by Gasteiger charge is 2.24. The zero-order chi connectivity index (χ0) is 38.2. The lowest BCUT2D eigenvalue weighted by Gasteiger charge is -2.24. The van der Waals surface area contributed by atoms with Gasteiger partial charge in [-0.2, -0.15) is 0 Å². The van der Waals surface area contributed by atoms with Crippen LogP contribution in [-0.2, 0) is 14.3 Å². The Hall–Kier alpha value is -1.14. The predicted molar refractivity (Wildman–Crippen MR) is 223 cm³/mol. The molecule has 1 amide bonds. The highest BCUT2D eigenvalue weighted by molar-refractivity contribution is 5.77. The van der Waals surface area contributed by atoms with E-state index in [2.05, 4.69) is 26.1 Å². The predicted octanol–water partition coefficient (Wildman–Crippen LogP) is 13.2. The second-order valence-electron chi connectivity index (χ2n) is 16.2. The molecule has 0 aliphatic carbocycles. The van der Waals surface area contributed by atoms with Gasteiger partial charge in [-0.15, -0.1) is 0 Å². The molecule has 0 aliphatic heterocycles. The molecule has 6 nitrogen and oxygen atoms in total. The Bertz CT molecular complexity index is 746. The van der Waals surface area contributed by atoms with Crippen molar-refractivity contribution in [3.63, 3.8) is 0 Å². The molecule has 3 N–H and O–H groups in total. The minimum Gasteiger partial charge on any atom is -0.462 e. The zero-order valence-electron chi connectivity index (χ0n) is 35.2. The van der Waals surface area contributed by atoms with Crippen molar-refractivity contribution >= 4 is 11.9 Å². The van der Waals surface area contributed by atoms with Crippen molar-refractivity contribution in [2.24, 2.45) is 0 Å². The molecule has 0 rings (SSSR count). The molecule has 0 saturated carbocycles. The maximum atomic E-state index is 13.1. The van der Waals surface area contributed by atoms with E-state index in [0.29, 0.717) is 19.3 Å². The average Bonchev–Trinajstić information content (AvgIpc) is 3.13. The van der Waals surface area contributed by atoms with Crippen LogP contribution in [0.15, 0.2) is 0 Å². The summed E-state index contributed by atoms with van der Waals surface area (Å²) in [5.41, 5.74) is 0. The number of hydrogen-bond donors (Lipinski definition) is 3. The lowest BCUT2D eigenvalue weighted by atomic mass is 10.0. The molecule has 0 saturated heterocycles. The van der Waals surface area contributed by atoms with Crippen LogP contribution in [0.1, 0.15) is 258 Å². The molecule has 0 aromatic rings. The molecule has 52 heavy (non-hydrogen) atoms. The van der Waals surface area contributed by atoms with Gasteiger partial charge in [-0.05, 0) is 25.7 Å². The number of esters is 1. The standard InChI is InChI=1S/C46H91NO5/c1-4-7-10-13-16-19-22-24-26-29-32-35-38-44(49)43(41-48)47-45(50)40-42(37-34-31-28-25-23-20-17-14-11-8-5-2)52-46(51)39-36-33-30-27-21-18-15-12-9-6-3/h42-44,48-49H,4-41H2,1-3H3,(H,47,50). The summed E-state index contributed by atoms with van der Waals surface area (Å²) in [4.78, 5) is 25.9. The lowest BCUT2D eigenvalue weighted by Crippen LogP contribution is -2.46. The molecule has 0 aromatic carbocycles. The first-order chi connectivity index (χ1) is 25.5. The number of hydrogen-bond acceptors (Lipinski definition) is 5. The van der Waals surface area contributed by atoms with Gasteiger partial charge in [-0.25, -0.2) is 0 Å². The molecule has 0 heterocycles. The summed E-state index contributed by atoms with van der Waals surface area (Å²) in [6, 6.07) is -0.690. The van der Waals surface area contributed by atoms with Crippen LogP contribution < -0.4 is 5.32 Å². The Morgan fingerprint density at radius 2 is 0.808 bits per heavy atom. The third-order valence-corrected chi connectivity index (χ3v) is 10.9. The molecule has 310 valence electrons. The fraction of sp³-hybridized carbons (Fsp3) is 0.957. The summed E-state index contributed by atoms with van der Waals surface area (Å²) < 4.78 is 5.90. The van der Waals surface area contributed by atoms with Gasteiger partial charge in [0.2, 0.25) is 5.91 Å². The zero-order valence-corrected chi connectivity index (χ0v) is 35.2. The fourth-order valence-corrected chi connectivity index (χ4v) is 7.37. The Morgan fingerprint density at radius 1 is 0.481 bits per heavy atom. The van der Waals surface area contributed by atoms with E-state index in [1.807, 2.05) is 0 Å². The first kappa shape index (κ1) is 50.9. The fourth-order valence-electron chi connectivity index (χ4n) is 7.37. The second kappa shape index (κ2) is 41.0. The largest absolute Gasteiger partial charge is 0.462 e. The number of carbonyl (C=O) groups is 2. The summed E-state index contributed by atoms with van der Waals surface area (Å²) in [6.45, 7) is 6.47. The van der Waals surface area contributed by atoms with Crippen LogP contribution in [0.25, 0.3) is 0 Å². The van der Waals surface area contributed by atoms with Gasteiger partial charge >= 0.3 is 5.97 Å². The van der Waals surface area contributed by atoms with Crippen LogP contribution in [0, 0.1) is 0 Å². The number of aliphatic hydroxyl groups is 2. The number of nitrogens with one attached hydrogen (secondary N) is 1. The maximum Gasteiger partial charge on any atom is 0.306 e. The lowest BCUT2D eigenvalue weighted by molar-refractivity contribution is -0.151. The Labute approximate surface area is 324 Å². The highest BCUT2D eigenvalue weighted by Crippen LogP contribution is 2.18. The number of amides is 1. The number of unbranched alkanes of at least 4 members (excludes halogenated alkanes) is 30. The topological polar surface area (TPSA) is 95.9 Å². The summed E-state index contributed by atoms with van der Waals surface area (Å²) in [5, 5.41) is 23.6. The minimum atomic E-state index is -0.777. The quantitative estimate of drug-likeness (QED) is 0.0428. The molecule has 0 aromatic heterocycles. The molecule has 0 bridgehead atoms. The van der Waals surface area contributed by atoms with E-state index < -0.39 is 18.2 Å². The molecule has 0 fully saturated rings. The van der Waals surface area contributed by atoms with Gasteiger partial charge in [0.05, 0.1) is 25.2 Å². The molecule has 3 atom stereocenters. The van der Waals surface area contributed by atoms with Gasteiger partial charge in [0.1, 0.15) is 6.10 Å². The van der Waals surface area contributed by atoms with Gasteiger partial charge in [0.25, 0.3) is 0 Å². The molecule has 0 aliphatic rings. The summed E-state index contributed by atoms with van der Waals surface area (Å²) in [5.74, 6) is -0.459. The second-order valence-corrected chi connectivity index (χ2v) is 16.2. The number of rotatable bonds is 42. The monoisotopic (exact) mass is 738 g/mol. The van der Waals surface area contributed by atoms with Crippen molar-refractivity contribution in [3.8, 4) is 0 Å². The van der Waals surface area contributed by atoms with Gasteiger partial charge < -0.3 is 20.3 Å². The van der Waals surface area contributed by atoms with Gasteiger partial charge in [0, 0.05) is 6.42 Å². The van der Waals surface area contributed by atoms with Gasteiger partial charge in [0.15, 0.2) is 0 Å². The Kier molecular flexibility index (Phi) is 40.1. The number of aliphatic hydroxyl groups excluding tert-OH is 2. The normalized spacial score (nSPS) is 13.2. The smallest absolute Gasteiger partial charge is 0.306 e. The van der Waals surface area contributed by atoms with E-state index in [9.17, 15) is 19.8 Å². The van der Waals surface area contributed by atoms with Crippen molar-refractivity contribution in [1.29, 1.82) is 0 Å². The SMILES string of the molecule is CCCCCCCCCCCCCCC(O)C(CO)NC(=O)CC(CCCCCCCCCCCCC)OC(=O)CCCCCCCCCCCC. The van der Waals surface area contributed by atoms with Crippen LogP contribution in [0.4, 0.5) is 0 Å². The molecular formula is C46H91NO5. The highest BCUT2D eigenvalue weighted by atomic mass is 16.5. The van der Waals surface area contributed by atoms with E-state index >= 15 is 0 Å². The molecule has 0 radical (unpaired) electrons. The summed E-state index contributed by atoms with van der Waals surface area (Å²) in [6.07, 6.45) is 41.6. The van der Waals surface area contributed by atoms with Crippen molar-refractivity contribution in [1.82, 2.24) is 5.32 Å². The van der Waals surface area contributed by atoms with Crippen LogP contribution in [-0.4, -0.2) is 46.9 Å². The van der Waals surface area contributed by atoms with Crippen LogP contribution >= 0.6 is 0 Å². The summed E-state index contributed by atoms with van der Waals surface area (Å²) in [7, 11) is 0. The average molecular weight is 738 g/mol. The minimum absolute atomic E-state index is 0.0867. The van der Waals surface area contributed by atoms with Crippen molar-refractivity contribution in [2.45, 2.75) is 277 Å². The third kappa shape index (κ3) is 35.9. The van der Waals surface area contributed by atoms with Gasteiger partial charge in [-0.3, -0.25) is 9.59 Å². The van der Waals surface area contributed by atoms with Crippen LogP contribution in [0.2, 0.25) is 0 Å². The number of carbonyl (C=O) groups excluding carboxylic acids is 2. The van der Waals surface area contributed by atoms with Crippen molar-refractivity contribution in [3.05, 3.63) is 0 Å². The third-order valence-electron chi connectivity index (χ3n) is 10.9.